The van der Waals surface area contributed by atoms with E-state index in [4.69, 9.17) is 5.73 Å². The van der Waals surface area contributed by atoms with Gasteiger partial charge in [-0.1, -0.05) is 6.92 Å². The number of H-pyrrole nitrogens is 1. The Morgan fingerprint density at radius 2 is 2.53 bits per heavy atom. The first-order valence-electron chi connectivity index (χ1n) is 5.42. The highest BCUT2D eigenvalue weighted by molar-refractivity contribution is 5.29. The minimum Gasteiger partial charge on any atom is -0.368 e. The quantitative estimate of drug-likeness (QED) is 0.658. The summed E-state index contributed by atoms with van der Waals surface area (Å²) < 4.78 is 0. The second-order valence-corrected chi connectivity index (χ2v) is 3.97. The molecule has 84 valence electrons. The molecule has 1 aliphatic rings. The maximum Gasteiger partial charge on any atom is 0.243 e. The van der Waals surface area contributed by atoms with Crippen molar-refractivity contribution in [2.45, 2.75) is 13.3 Å². The molecule has 6 heteroatoms. The van der Waals surface area contributed by atoms with Gasteiger partial charge in [0, 0.05) is 13.1 Å². The van der Waals surface area contributed by atoms with E-state index < -0.39 is 0 Å². The average Bonchev–Trinajstić information content (AvgIpc) is 2.83. The molecule has 2 rings (SSSR count). The molecule has 0 aromatic carbocycles. The van der Waals surface area contributed by atoms with Crippen LogP contribution >= 0.6 is 0 Å². The molecule has 1 aromatic heterocycles. The second-order valence-electron chi connectivity index (χ2n) is 3.97. The fraction of sp³-hybridized carbons (Fsp3) is 0.778. The van der Waals surface area contributed by atoms with E-state index in [1.54, 1.807) is 0 Å². The fourth-order valence-corrected chi connectivity index (χ4v) is 1.96. The molecule has 1 aromatic rings. The van der Waals surface area contributed by atoms with Gasteiger partial charge in [0.15, 0.2) is 0 Å². The zero-order valence-corrected chi connectivity index (χ0v) is 9.03. The van der Waals surface area contributed by atoms with Gasteiger partial charge < -0.3 is 16.0 Å². The third-order valence-electron chi connectivity index (χ3n) is 2.87. The van der Waals surface area contributed by atoms with E-state index in [0.717, 1.165) is 13.1 Å². The summed E-state index contributed by atoms with van der Waals surface area (Å²) in [5, 5.41) is 9.73. The largest absolute Gasteiger partial charge is 0.368 e. The third-order valence-corrected chi connectivity index (χ3v) is 2.87. The second kappa shape index (κ2) is 4.48. The first-order valence-corrected chi connectivity index (χ1v) is 5.42. The molecule has 0 bridgehead atoms. The van der Waals surface area contributed by atoms with E-state index in [2.05, 4.69) is 32.3 Å². The van der Waals surface area contributed by atoms with E-state index in [1.807, 2.05) is 0 Å². The number of nitrogen functional groups attached to an aromatic ring is 1. The van der Waals surface area contributed by atoms with Gasteiger partial charge in [0.25, 0.3) is 0 Å². The van der Waals surface area contributed by atoms with Gasteiger partial charge >= 0.3 is 0 Å². The van der Waals surface area contributed by atoms with Crippen LogP contribution in [0.3, 0.4) is 0 Å². The minimum absolute atomic E-state index is 0.360. The standard InChI is InChI=1S/C9H18N6/c1-2-15-4-3-7(6-15)5-11-9-12-8(10)13-14-9/h7H,2-6H2,1H3,(H4,10,11,12,13,14). The molecule has 6 nitrogen and oxygen atoms in total. The van der Waals surface area contributed by atoms with Crippen molar-refractivity contribution in [3.63, 3.8) is 0 Å². The molecule has 0 aliphatic carbocycles. The predicted molar refractivity (Wildman–Crippen MR) is 59.5 cm³/mol. The molecule has 1 unspecified atom stereocenters. The number of nitrogens with one attached hydrogen (secondary N) is 2. The van der Waals surface area contributed by atoms with Gasteiger partial charge in [0.2, 0.25) is 11.9 Å². The molecular formula is C9H18N6. The van der Waals surface area contributed by atoms with Crippen molar-refractivity contribution < 1.29 is 0 Å². The summed E-state index contributed by atoms with van der Waals surface area (Å²) >= 11 is 0. The highest BCUT2D eigenvalue weighted by Gasteiger charge is 2.20. The van der Waals surface area contributed by atoms with Crippen molar-refractivity contribution >= 4 is 11.9 Å². The predicted octanol–water partition coefficient (Wildman–Crippen LogP) is 0.141. The van der Waals surface area contributed by atoms with Crippen molar-refractivity contribution in [2.75, 3.05) is 37.2 Å². The monoisotopic (exact) mass is 210 g/mol. The molecule has 1 fully saturated rings. The van der Waals surface area contributed by atoms with Crippen LogP contribution in [0.1, 0.15) is 13.3 Å². The molecule has 1 atom stereocenters. The number of aromatic amines is 1. The van der Waals surface area contributed by atoms with E-state index in [9.17, 15) is 0 Å². The summed E-state index contributed by atoms with van der Waals surface area (Å²) in [5.41, 5.74) is 5.43. The van der Waals surface area contributed by atoms with Crippen molar-refractivity contribution in [3.8, 4) is 0 Å². The summed E-state index contributed by atoms with van der Waals surface area (Å²) in [6.07, 6.45) is 1.25. The fourth-order valence-electron chi connectivity index (χ4n) is 1.96. The number of aromatic nitrogens is 3. The van der Waals surface area contributed by atoms with Crippen LogP contribution in [0.2, 0.25) is 0 Å². The SMILES string of the molecule is CCN1CCC(CNc2n[nH]c(N)n2)C1. The summed E-state index contributed by atoms with van der Waals surface area (Å²) in [7, 11) is 0. The molecule has 0 radical (unpaired) electrons. The molecule has 15 heavy (non-hydrogen) atoms. The Morgan fingerprint density at radius 3 is 3.13 bits per heavy atom. The van der Waals surface area contributed by atoms with Gasteiger partial charge in [-0.2, -0.15) is 4.98 Å². The summed E-state index contributed by atoms with van der Waals surface area (Å²) in [6.45, 7) is 6.64. The van der Waals surface area contributed by atoms with Crippen molar-refractivity contribution in [1.82, 2.24) is 20.1 Å². The van der Waals surface area contributed by atoms with Crippen LogP contribution in [0.15, 0.2) is 0 Å². The number of anilines is 2. The molecule has 0 amide bonds. The number of rotatable bonds is 4. The topological polar surface area (TPSA) is 82.9 Å². The van der Waals surface area contributed by atoms with Crippen LogP contribution in [0.4, 0.5) is 11.9 Å². The molecule has 1 saturated heterocycles. The van der Waals surface area contributed by atoms with Gasteiger partial charge in [0.1, 0.15) is 0 Å². The summed E-state index contributed by atoms with van der Waals surface area (Å²) in [5.74, 6) is 1.66. The summed E-state index contributed by atoms with van der Waals surface area (Å²) in [6, 6.07) is 0. The Bertz CT molecular complexity index is 309. The minimum atomic E-state index is 0.360. The van der Waals surface area contributed by atoms with E-state index in [1.165, 1.54) is 19.5 Å². The Balaban J connectivity index is 1.75. The van der Waals surface area contributed by atoms with Crippen LogP contribution < -0.4 is 11.1 Å². The normalized spacial score (nSPS) is 22.1. The van der Waals surface area contributed by atoms with Gasteiger partial charge in [-0.15, -0.1) is 5.10 Å². The first-order chi connectivity index (χ1) is 7.28. The highest BCUT2D eigenvalue weighted by atomic mass is 15.3. The molecular weight excluding hydrogens is 192 g/mol. The Kier molecular flexibility index (Phi) is 3.05. The van der Waals surface area contributed by atoms with Crippen LogP contribution in [0, 0.1) is 5.92 Å². The third kappa shape index (κ3) is 2.59. The Labute approximate surface area is 89.2 Å². The maximum atomic E-state index is 5.43. The zero-order valence-electron chi connectivity index (χ0n) is 9.03. The lowest BCUT2D eigenvalue weighted by atomic mass is 10.1. The lowest BCUT2D eigenvalue weighted by Crippen LogP contribution is -2.22. The van der Waals surface area contributed by atoms with E-state index in [-0.39, 0.29) is 0 Å². The Hall–Kier alpha value is -1.30. The maximum absolute atomic E-state index is 5.43. The lowest BCUT2D eigenvalue weighted by molar-refractivity contribution is 0.345. The van der Waals surface area contributed by atoms with Crippen LogP contribution in [-0.4, -0.2) is 46.3 Å². The van der Waals surface area contributed by atoms with Crippen LogP contribution in [0.5, 0.6) is 0 Å². The van der Waals surface area contributed by atoms with Crippen LogP contribution in [-0.2, 0) is 0 Å². The summed E-state index contributed by atoms with van der Waals surface area (Å²) in [4.78, 5) is 6.45. The van der Waals surface area contributed by atoms with Gasteiger partial charge in [-0.05, 0) is 25.4 Å². The van der Waals surface area contributed by atoms with Gasteiger partial charge in [-0.25, -0.2) is 5.10 Å². The number of nitrogens with two attached hydrogens (primary N) is 1. The van der Waals surface area contributed by atoms with Gasteiger partial charge in [-0.3, -0.25) is 0 Å². The number of likely N-dealkylation sites (tertiary alicyclic amines) is 1. The van der Waals surface area contributed by atoms with Crippen molar-refractivity contribution in [2.24, 2.45) is 5.92 Å². The van der Waals surface area contributed by atoms with Crippen LogP contribution in [0.25, 0.3) is 0 Å². The number of nitrogens with zero attached hydrogens (tertiary/aromatic N) is 3. The molecule has 0 saturated carbocycles. The zero-order chi connectivity index (χ0) is 10.7. The lowest BCUT2D eigenvalue weighted by Gasteiger charge is -2.12. The van der Waals surface area contributed by atoms with Gasteiger partial charge in [0.05, 0.1) is 0 Å². The van der Waals surface area contributed by atoms with Crippen molar-refractivity contribution in [1.29, 1.82) is 0 Å². The number of hydrogen-bond donors (Lipinski definition) is 3. The molecule has 2 heterocycles. The van der Waals surface area contributed by atoms with Crippen molar-refractivity contribution in [3.05, 3.63) is 0 Å². The smallest absolute Gasteiger partial charge is 0.243 e. The van der Waals surface area contributed by atoms with E-state index >= 15 is 0 Å². The average molecular weight is 210 g/mol. The highest BCUT2D eigenvalue weighted by Crippen LogP contribution is 2.15. The molecule has 0 spiro atoms. The first kappa shape index (κ1) is 10.2. The molecule has 4 N–H and O–H groups in total. The molecule has 1 aliphatic heterocycles. The number of hydrogen-bond acceptors (Lipinski definition) is 5. The Morgan fingerprint density at radius 1 is 1.67 bits per heavy atom. The van der Waals surface area contributed by atoms with E-state index in [0.29, 0.717) is 17.8 Å².